The number of aliphatic hydroxyl groups excluding tert-OH is 1. The lowest BCUT2D eigenvalue weighted by Gasteiger charge is -2.33. The Kier molecular flexibility index (Phi) is 9.16. The van der Waals surface area contributed by atoms with Crippen LogP contribution in [0.4, 0.5) is 4.39 Å². The first kappa shape index (κ1) is 27.3. The fraction of sp³-hybridized carbons (Fsp3) is 0.630. The number of β-amino-alcohol motifs (C(OH)–C–C–N with tert-alkyl or cyclic N) is 1. The summed E-state index contributed by atoms with van der Waals surface area (Å²) in [5.74, 6) is 1.10. The number of hydrogen-bond acceptors (Lipinski definition) is 8. The first-order valence-corrected chi connectivity index (χ1v) is 13.9. The van der Waals surface area contributed by atoms with E-state index in [1.54, 1.807) is 6.20 Å². The Morgan fingerprint density at radius 3 is 3.03 bits per heavy atom. The molecule has 1 amide bonds. The molecular formula is C27H37ClFN5O4. The first-order chi connectivity index (χ1) is 18.4. The quantitative estimate of drug-likeness (QED) is 0.358. The molecular weight excluding hydrogens is 513 g/mol. The number of fused-ring (bicyclic) bond motifs is 1. The van der Waals surface area contributed by atoms with Crippen LogP contribution in [0, 0.1) is 5.92 Å². The van der Waals surface area contributed by atoms with Gasteiger partial charge in [0.05, 0.1) is 23.5 Å². The smallest absolute Gasteiger partial charge is 0.223 e. The van der Waals surface area contributed by atoms with Crippen LogP contribution in [0.25, 0.3) is 0 Å². The maximum Gasteiger partial charge on any atom is 0.223 e. The van der Waals surface area contributed by atoms with Crippen LogP contribution in [0.3, 0.4) is 0 Å². The molecule has 1 aromatic heterocycles. The van der Waals surface area contributed by atoms with Crippen LogP contribution in [-0.4, -0.2) is 71.6 Å². The topological polar surface area (TPSA) is 112 Å². The number of nitrogens with one attached hydrogen (secondary N) is 3. The lowest BCUT2D eigenvalue weighted by Crippen LogP contribution is -2.53. The number of rotatable bonds is 10. The molecule has 208 valence electrons. The van der Waals surface area contributed by atoms with E-state index >= 15 is 0 Å². The predicted octanol–water partition coefficient (Wildman–Crippen LogP) is 2.55. The number of carbonyl (C=O) groups is 1. The van der Waals surface area contributed by atoms with E-state index in [2.05, 4.69) is 25.8 Å². The molecule has 1 aliphatic carbocycles. The van der Waals surface area contributed by atoms with Gasteiger partial charge < -0.3 is 24.9 Å². The molecule has 5 atom stereocenters. The van der Waals surface area contributed by atoms with Gasteiger partial charge in [-0.3, -0.25) is 15.0 Å². The summed E-state index contributed by atoms with van der Waals surface area (Å²) < 4.78 is 24.5. The summed E-state index contributed by atoms with van der Waals surface area (Å²) in [7, 11) is 0. The van der Waals surface area contributed by atoms with Crippen LogP contribution in [-0.2, 0) is 24.4 Å². The fourth-order valence-corrected chi connectivity index (χ4v) is 6.08. The highest BCUT2D eigenvalue weighted by Crippen LogP contribution is 2.34. The third-order valence-corrected chi connectivity index (χ3v) is 8.21. The van der Waals surface area contributed by atoms with Gasteiger partial charge in [0.1, 0.15) is 18.5 Å². The van der Waals surface area contributed by atoms with Crippen LogP contribution >= 0.6 is 11.6 Å². The van der Waals surface area contributed by atoms with Gasteiger partial charge in [0.2, 0.25) is 5.91 Å². The molecule has 0 spiro atoms. The minimum absolute atomic E-state index is 0.0213. The van der Waals surface area contributed by atoms with Crippen molar-refractivity contribution in [3.8, 4) is 5.75 Å². The Morgan fingerprint density at radius 1 is 1.34 bits per heavy atom. The molecule has 0 radical (unpaired) electrons. The van der Waals surface area contributed by atoms with Crippen molar-refractivity contribution in [2.75, 3.05) is 26.2 Å². The molecule has 0 bridgehead atoms. The van der Waals surface area contributed by atoms with Crippen LogP contribution in [0.15, 0.2) is 29.1 Å². The molecule has 1 aromatic carbocycles. The zero-order chi connectivity index (χ0) is 26.5. The highest BCUT2D eigenvalue weighted by molar-refractivity contribution is 6.33. The summed E-state index contributed by atoms with van der Waals surface area (Å²) >= 11 is 6.63. The lowest BCUT2D eigenvalue weighted by molar-refractivity contribution is -0.126. The fourth-order valence-electron chi connectivity index (χ4n) is 5.75. The number of hydrogen-bond donors (Lipinski definition) is 4. The number of nitrogens with zero attached hydrogens (tertiary/aromatic N) is 2. The molecule has 11 heteroatoms. The maximum atomic E-state index is 13.5. The maximum absolute atomic E-state index is 13.5. The van der Waals surface area contributed by atoms with Crippen LogP contribution < -0.4 is 20.7 Å². The number of aliphatic hydroxyl groups is 1. The Morgan fingerprint density at radius 2 is 2.24 bits per heavy atom. The molecule has 4 N–H and O–H groups in total. The number of alkyl halides is 1. The molecule has 2 aromatic rings. The number of halogens is 2. The molecule has 5 rings (SSSR count). The normalized spacial score (nSPS) is 26.6. The van der Waals surface area contributed by atoms with Crippen LogP contribution in [0.5, 0.6) is 5.75 Å². The number of amides is 1. The van der Waals surface area contributed by atoms with E-state index in [-0.39, 0.29) is 37.2 Å². The number of benzene rings is 1. The second-order valence-corrected chi connectivity index (χ2v) is 11.0. The molecule has 1 saturated carbocycles. The summed E-state index contributed by atoms with van der Waals surface area (Å²) in [5, 5.41) is 21.1. The van der Waals surface area contributed by atoms with Crippen molar-refractivity contribution in [3.63, 3.8) is 0 Å². The molecule has 2 fully saturated rings. The monoisotopic (exact) mass is 549 g/mol. The largest absolute Gasteiger partial charge is 0.484 e. The van der Waals surface area contributed by atoms with Gasteiger partial charge in [0.25, 0.3) is 0 Å². The van der Waals surface area contributed by atoms with Gasteiger partial charge in [-0.05, 0) is 62.3 Å². The van der Waals surface area contributed by atoms with Crippen molar-refractivity contribution in [1.82, 2.24) is 25.8 Å². The van der Waals surface area contributed by atoms with E-state index < -0.39 is 12.3 Å². The molecule has 3 heterocycles. The first-order valence-electron chi connectivity index (χ1n) is 13.6. The molecule has 4 unspecified atom stereocenters. The number of ether oxygens (including phenoxy) is 1. The van der Waals surface area contributed by atoms with Gasteiger partial charge in [0, 0.05) is 38.1 Å². The van der Waals surface area contributed by atoms with Gasteiger partial charge in [-0.1, -0.05) is 17.7 Å². The van der Waals surface area contributed by atoms with Crippen LogP contribution in [0.2, 0.25) is 5.02 Å². The predicted molar refractivity (Wildman–Crippen MR) is 140 cm³/mol. The zero-order valence-corrected chi connectivity index (χ0v) is 22.3. The van der Waals surface area contributed by atoms with E-state index in [1.165, 1.54) is 6.39 Å². The minimum atomic E-state index is -0.718. The molecule has 3 aliphatic rings. The lowest BCUT2D eigenvalue weighted by atomic mass is 9.94. The van der Waals surface area contributed by atoms with Crippen molar-refractivity contribution in [1.29, 1.82) is 0 Å². The van der Waals surface area contributed by atoms with Gasteiger partial charge in [-0.2, -0.15) is 0 Å². The second-order valence-electron chi connectivity index (χ2n) is 10.7. The second kappa shape index (κ2) is 12.7. The summed E-state index contributed by atoms with van der Waals surface area (Å²) in [6.45, 7) is 3.11. The Balaban J connectivity index is 1.05. The molecule has 1 saturated heterocycles. The number of carbonyl (C=O) groups excluding carboxylic acids is 1. The van der Waals surface area contributed by atoms with E-state index in [0.29, 0.717) is 48.9 Å². The summed E-state index contributed by atoms with van der Waals surface area (Å²) in [6, 6.07) is 4.05. The molecule has 38 heavy (non-hydrogen) atoms. The highest BCUT2D eigenvalue weighted by Gasteiger charge is 2.31. The van der Waals surface area contributed by atoms with E-state index in [4.69, 9.17) is 20.8 Å². The van der Waals surface area contributed by atoms with E-state index in [9.17, 15) is 14.3 Å². The standard InChI is InChI=1S/C27H37ClFN5O4/c28-26-23-6-8-34(13-18(23)1-4-24(26)37-15-22-12-30-16-38-22)14-21(35)11-32-27(36)17-5-7-31-25(9-17)33-20-3-2-19(29)10-20/h1,4,12,16-17,19-21,25,31,33,35H,2-3,5-11,13-15H2,(H,32,36)/t17?,19?,20?,21-,25?/m0/s1. The van der Waals surface area contributed by atoms with Crippen molar-refractivity contribution in [3.05, 3.63) is 46.6 Å². The van der Waals surface area contributed by atoms with Crippen LogP contribution in [0.1, 0.15) is 49.0 Å². The molecule has 2 aliphatic heterocycles. The van der Waals surface area contributed by atoms with E-state index in [1.807, 2.05) is 12.1 Å². The molecule has 9 nitrogen and oxygen atoms in total. The van der Waals surface area contributed by atoms with E-state index in [0.717, 1.165) is 43.5 Å². The SMILES string of the molecule is O=C(NC[C@H](O)CN1CCc2c(ccc(OCc3cnco3)c2Cl)C1)C1CCNC(NC2CCC(F)C2)C1. The van der Waals surface area contributed by atoms with Gasteiger partial charge >= 0.3 is 0 Å². The number of oxazole rings is 1. The van der Waals surface area contributed by atoms with Crippen molar-refractivity contribution in [2.24, 2.45) is 5.92 Å². The highest BCUT2D eigenvalue weighted by atomic mass is 35.5. The van der Waals surface area contributed by atoms with Gasteiger partial charge in [0.15, 0.2) is 12.2 Å². The summed E-state index contributed by atoms with van der Waals surface area (Å²) in [4.78, 5) is 18.9. The third kappa shape index (κ3) is 7.04. The minimum Gasteiger partial charge on any atom is -0.484 e. The van der Waals surface area contributed by atoms with Crippen molar-refractivity contribution < 1.29 is 23.4 Å². The third-order valence-electron chi connectivity index (χ3n) is 7.79. The Bertz CT molecular complexity index is 1070. The number of piperidine rings is 1. The number of aromatic nitrogens is 1. The zero-order valence-electron chi connectivity index (χ0n) is 21.5. The summed E-state index contributed by atoms with van der Waals surface area (Å²) in [5.41, 5.74) is 2.17. The average Bonchev–Trinajstić information content (AvgIpc) is 3.58. The van der Waals surface area contributed by atoms with Gasteiger partial charge in [-0.15, -0.1) is 0 Å². The average molecular weight is 550 g/mol. The van der Waals surface area contributed by atoms with Crippen molar-refractivity contribution >= 4 is 17.5 Å². The van der Waals surface area contributed by atoms with Crippen molar-refractivity contribution in [2.45, 2.75) is 76.2 Å². The van der Waals surface area contributed by atoms with Gasteiger partial charge in [-0.25, -0.2) is 9.37 Å². The summed E-state index contributed by atoms with van der Waals surface area (Å²) in [6.07, 6.45) is 5.78. The Hall–Kier alpha value is -2.24. The Labute approximate surface area is 227 Å².